The van der Waals surface area contributed by atoms with Crippen molar-refractivity contribution in [2.45, 2.75) is 13.2 Å². The summed E-state index contributed by atoms with van der Waals surface area (Å²) in [6.07, 6.45) is 1.60. The van der Waals surface area contributed by atoms with Crippen molar-refractivity contribution >= 4 is 15.9 Å². The predicted octanol–water partition coefficient (Wildman–Crippen LogP) is 2.92. The van der Waals surface area contributed by atoms with Crippen molar-refractivity contribution in [3.05, 3.63) is 52.3 Å². The molecule has 1 aromatic heterocycles. The van der Waals surface area contributed by atoms with E-state index >= 15 is 0 Å². The van der Waals surface area contributed by atoms with Gasteiger partial charge in [0.15, 0.2) is 0 Å². The number of halogens is 1. The summed E-state index contributed by atoms with van der Waals surface area (Å²) >= 11 is 3.47. The SMILES string of the molecule is COc1ccc(Br)c(COc2ccc(CO)nc2)c1. The highest BCUT2D eigenvalue weighted by Crippen LogP contribution is 2.24. The van der Waals surface area contributed by atoms with Gasteiger partial charge >= 0.3 is 0 Å². The Bertz CT molecular complexity index is 543. The molecule has 0 aliphatic heterocycles. The summed E-state index contributed by atoms with van der Waals surface area (Å²) in [6.45, 7) is 0.347. The molecule has 1 N–H and O–H groups in total. The predicted molar refractivity (Wildman–Crippen MR) is 75.2 cm³/mol. The Labute approximate surface area is 120 Å². The Morgan fingerprint density at radius 3 is 2.63 bits per heavy atom. The first-order valence-electron chi connectivity index (χ1n) is 5.74. The zero-order valence-electron chi connectivity index (χ0n) is 10.5. The highest BCUT2D eigenvalue weighted by Gasteiger charge is 2.04. The van der Waals surface area contributed by atoms with Gasteiger partial charge in [0.05, 0.1) is 25.6 Å². The van der Waals surface area contributed by atoms with E-state index in [2.05, 4.69) is 20.9 Å². The Kier molecular flexibility index (Phi) is 4.76. The van der Waals surface area contributed by atoms with Gasteiger partial charge in [0.25, 0.3) is 0 Å². The monoisotopic (exact) mass is 323 g/mol. The third-order valence-electron chi connectivity index (χ3n) is 2.61. The van der Waals surface area contributed by atoms with Gasteiger partial charge in [0.2, 0.25) is 0 Å². The second kappa shape index (κ2) is 6.54. The molecule has 0 spiro atoms. The molecule has 0 aliphatic rings. The molecule has 0 saturated heterocycles. The van der Waals surface area contributed by atoms with Crippen molar-refractivity contribution in [2.75, 3.05) is 7.11 Å². The number of pyridine rings is 1. The smallest absolute Gasteiger partial charge is 0.138 e. The molecule has 0 fully saturated rings. The average Bonchev–Trinajstić information content (AvgIpc) is 2.47. The van der Waals surface area contributed by atoms with Crippen LogP contribution in [0.4, 0.5) is 0 Å². The minimum atomic E-state index is -0.0677. The number of hydrogen-bond acceptors (Lipinski definition) is 4. The standard InChI is InChI=1S/C14H14BrNO3/c1-18-12-4-5-14(15)10(6-12)9-19-13-3-2-11(8-17)16-7-13/h2-7,17H,8-9H2,1H3. The van der Waals surface area contributed by atoms with Crippen LogP contribution in [-0.2, 0) is 13.2 Å². The molecular weight excluding hydrogens is 310 g/mol. The van der Waals surface area contributed by atoms with E-state index in [0.29, 0.717) is 18.1 Å². The number of aliphatic hydroxyl groups is 1. The van der Waals surface area contributed by atoms with E-state index in [1.165, 1.54) is 0 Å². The molecule has 0 bridgehead atoms. The Morgan fingerprint density at radius 2 is 2.00 bits per heavy atom. The summed E-state index contributed by atoms with van der Waals surface area (Å²) in [5.41, 5.74) is 1.61. The van der Waals surface area contributed by atoms with Crippen molar-refractivity contribution < 1.29 is 14.6 Å². The lowest BCUT2D eigenvalue weighted by Gasteiger charge is -2.09. The molecular formula is C14H14BrNO3. The number of benzene rings is 1. The van der Waals surface area contributed by atoms with Gasteiger partial charge in [-0.25, -0.2) is 0 Å². The normalized spacial score (nSPS) is 10.3. The van der Waals surface area contributed by atoms with Crippen LogP contribution in [0.15, 0.2) is 41.0 Å². The molecule has 0 unspecified atom stereocenters. The van der Waals surface area contributed by atoms with Gasteiger partial charge in [0, 0.05) is 10.0 Å². The molecule has 2 aromatic rings. The molecule has 19 heavy (non-hydrogen) atoms. The number of ether oxygens (including phenoxy) is 2. The van der Waals surface area contributed by atoms with Gasteiger partial charge in [-0.1, -0.05) is 15.9 Å². The van der Waals surface area contributed by atoms with Crippen molar-refractivity contribution in [3.63, 3.8) is 0 Å². The Hall–Kier alpha value is -1.59. The number of aromatic nitrogens is 1. The average molecular weight is 324 g/mol. The maximum atomic E-state index is 8.91. The summed E-state index contributed by atoms with van der Waals surface area (Å²) < 4.78 is 11.8. The summed E-state index contributed by atoms with van der Waals surface area (Å²) in [4.78, 5) is 4.05. The van der Waals surface area contributed by atoms with E-state index in [9.17, 15) is 0 Å². The van der Waals surface area contributed by atoms with Crippen LogP contribution in [0, 0.1) is 0 Å². The highest BCUT2D eigenvalue weighted by atomic mass is 79.9. The first-order chi connectivity index (χ1) is 9.22. The van der Waals surface area contributed by atoms with E-state index in [-0.39, 0.29) is 6.61 Å². The minimum Gasteiger partial charge on any atom is -0.497 e. The van der Waals surface area contributed by atoms with Crippen LogP contribution in [-0.4, -0.2) is 17.2 Å². The summed E-state index contributed by atoms with van der Waals surface area (Å²) in [6, 6.07) is 9.23. The molecule has 5 heteroatoms. The maximum Gasteiger partial charge on any atom is 0.138 e. The number of aliphatic hydroxyl groups excluding tert-OH is 1. The highest BCUT2D eigenvalue weighted by molar-refractivity contribution is 9.10. The third-order valence-corrected chi connectivity index (χ3v) is 3.38. The van der Waals surface area contributed by atoms with Gasteiger partial charge in [-0.15, -0.1) is 0 Å². The van der Waals surface area contributed by atoms with Gasteiger partial charge in [-0.2, -0.15) is 0 Å². The fraction of sp³-hybridized carbons (Fsp3) is 0.214. The van der Waals surface area contributed by atoms with Crippen LogP contribution in [0.25, 0.3) is 0 Å². The largest absolute Gasteiger partial charge is 0.497 e. The Morgan fingerprint density at radius 1 is 1.21 bits per heavy atom. The lowest BCUT2D eigenvalue weighted by atomic mass is 10.2. The maximum absolute atomic E-state index is 8.91. The topological polar surface area (TPSA) is 51.6 Å². The van der Waals surface area contributed by atoms with Gasteiger partial charge in [0.1, 0.15) is 18.1 Å². The Balaban J connectivity index is 2.05. The van der Waals surface area contributed by atoms with Crippen molar-refractivity contribution in [1.29, 1.82) is 0 Å². The molecule has 0 amide bonds. The molecule has 0 aliphatic carbocycles. The van der Waals surface area contributed by atoms with Gasteiger partial charge in [-0.3, -0.25) is 4.98 Å². The summed E-state index contributed by atoms with van der Waals surface area (Å²) in [5.74, 6) is 1.45. The second-order valence-electron chi connectivity index (χ2n) is 3.89. The first-order valence-corrected chi connectivity index (χ1v) is 6.53. The van der Waals surface area contributed by atoms with E-state index in [0.717, 1.165) is 15.8 Å². The second-order valence-corrected chi connectivity index (χ2v) is 4.74. The van der Waals surface area contributed by atoms with Crippen molar-refractivity contribution in [3.8, 4) is 11.5 Å². The van der Waals surface area contributed by atoms with E-state index in [1.807, 2.05) is 18.2 Å². The van der Waals surface area contributed by atoms with Crippen LogP contribution >= 0.6 is 15.9 Å². The van der Waals surface area contributed by atoms with E-state index in [1.54, 1.807) is 25.4 Å². The van der Waals surface area contributed by atoms with Crippen LogP contribution in [0.5, 0.6) is 11.5 Å². The number of methoxy groups -OCH3 is 1. The third kappa shape index (κ3) is 3.68. The fourth-order valence-electron chi connectivity index (χ4n) is 1.54. The van der Waals surface area contributed by atoms with Crippen LogP contribution < -0.4 is 9.47 Å². The minimum absolute atomic E-state index is 0.0677. The lowest BCUT2D eigenvalue weighted by Crippen LogP contribution is -1.98. The molecule has 4 nitrogen and oxygen atoms in total. The molecule has 0 radical (unpaired) electrons. The zero-order valence-corrected chi connectivity index (χ0v) is 12.1. The van der Waals surface area contributed by atoms with Crippen molar-refractivity contribution in [2.24, 2.45) is 0 Å². The molecule has 1 heterocycles. The van der Waals surface area contributed by atoms with Crippen LogP contribution in [0.2, 0.25) is 0 Å². The van der Waals surface area contributed by atoms with E-state index < -0.39 is 0 Å². The molecule has 100 valence electrons. The van der Waals surface area contributed by atoms with Gasteiger partial charge in [-0.05, 0) is 30.3 Å². The van der Waals surface area contributed by atoms with Crippen LogP contribution in [0.3, 0.4) is 0 Å². The van der Waals surface area contributed by atoms with E-state index in [4.69, 9.17) is 14.6 Å². The number of hydrogen-bond donors (Lipinski definition) is 1. The molecule has 1 aromatic carbocycles. The number of nitrogens with zero attached hydrogens (tertiary/aromatic N) is 1. The lowest BCUT2D eigenvalue weighted by molar-refractivity contribution is 0.275. The molecule has 0 atom stereocenters. The summed E-state index contributed by atoms with van der Waals surface area (Å²) in [5, 5.41) is 8.91. The quantitative estimate of drug-likeness (QED) is 0.919. The van der Waals surface area contributed by atoms with Crippen molar-refractivity contribution in [1.82, 2.24) is 4.98 Å². The van der Waals surface area contributed by atoms with Crippen LogP contribution in [0.1, 0.15) is 11.3 Å². The summed E-state index contributed by atoms with van der Waals surface area (Å²) in [7, 11) is 1.63. The van der Waals surface area contributed by atoms with Gasteiger partial charge < -0.3 is 14.6 Å². The molecule has 2 rings (SSSR count). The first kappa shape index (κ1) is 13.8. The molecule has 0 saturated carbocycles. The number of rotatable bonds is 5. The zero-order chi connectivity index (χ0) is 13.7. The fourth-order valence-corrected chi connectivity index (χ4v) is 1.90.